The summed E-state index contributed by atoms with van der Waals surface area (Å²) in [4.78, 5) is 27.1. The van der Waals surface area contributed by atoms with Crippen molar-refractivity contribution >= 4 is 34.6 Å². The zero-order chi connectivity index (χ0) is 19.4. The maximum absolute atomic E-state index is 12.2. The first-order chi connectivity index (χ1) is 13.0. The quantitative estimate of drug-likeness (QED) is 0.335. The van der Waals surface area contributed by atoms with Gasteiger partial charge in [-0.15, -0.1) is 11.3 Å². The van der Waals surface area contributed by atoms with Crippen molar-refractivity contribution in [2.75, 3.05) is 7.11 Å². The number of ether oxygens (including phenoxy) is 2. The third kappa shape index (κ3) is 4.42. The lowest BCUT2D eigenvalue weighted by molar-refractivity contribution is -0.385. The fourth-order valence-corrected chi connectivity index (χ4v) is 3.28. The summed E-state index contributed by atoms with van der Waals surface area (Å²) in [5.41, 5.74) is 0.855. The average molecular weight is 405 g/mol. The summed E-state index contributed by atoms with van der Waals surface area (Å²) in [7, 11) is 1.58. The molecule has 1 heterocycles. The predicted octanol–water partition coefficient (Wildman–Crippen LogP) is 4.74. The number of hydrogen-bond acceptors (Lipinski definition) is 7. The van der Waals surface area contributed by atoms with E-state index in [1.165, 1.54) is 29.5 Å². The summed E-state index contributed by atoms with van der Waals surface area (Å²) in [6.45, 7) is -0.108. The Morgan fingerprint density at radius 3 is 2.85 bits per heavy atom. The topological polar surface area (TPSA) is 91.6 Å². The Bertz CT molecular complexity index is 1000. The second-order valence-corrected chi connectivity index (χ2v) is 6.67. The predicted molar refractivity (Wildman–Crippen MR) is 101 cm³/mol. The second kappa shape index (κ2) is 8.15. The summed E-state index contributed by atoms with van der Waals surface area (Å²) in [5.74, 6) is -0.121. The second-order valence-electron chi connectivity index (χ2n) is 5.37. The molecule has 2 aromatic carbocycles. The zero-order valence-electron chi connectivity index (χ0n) is 14.0. The number of benzene rings is 2. The molecule has 138 valence electrons. The maximum Gasteiger partial charge on any atom is 0.345 e. The molecule has 1 aromatic heterocycles. The number of carbonyl (C=O) groups is 1. The molecular formula is C18H13ClN2O5S. The first-order valence-electron chi connectivity index (χ1n) is 7.68. The average Bonchev–Trinajstić information content (AvgIpc) is 3.15. The first-order valence-corrected chi connectivity index (χ1v) is 8.93. The Balaban J connectivity index is 1.73. The Hall–Kier alpha value is -2.97. The first kappa shape index (κ1) is 18.8. The minimum atomic E-state index is -0.833. The summed E-state index contributed by atoms with van der Waals surface area (Å²) >= 11 is 7.22. The molecule has 0 saturated heterocycles. The van der Waals surface area contributed by atoms with Gasteiger partial charge in [-0.2, -0.15) is 0 Å². The molecule has 27 heavy (non-hydrogen) atoms. The fourth-order valence-electron chi connectivity index (χ4n) is 2.31. The molecule has 0 bridgehead atoms. The molecule has 0 saturated carbocycles. The van der Waals surface area contributed by atoms with Gasteiger partial charge >= 0.3 is 5.97 Å². The molecule has 0 unspecified atom stereocenters. The number of thiazole rings is 1. The van der Waals surface area contributed by atoms with Crippen molar-refractivity contribution in [1.29, 1.82) is 0 Å². The van der Waals surface area contributed by atoms with Gasteiger partial charge in [-0.1, -0.05) is 23.7 Å². The lowest BCUT2D eigenvalue weighted by Crippen LogP contribution is -2.08. The van der Waals surface area contributed by atoms with Crippen LogP contribution in [0.25, 0.3) is 10.6 Å². The normalized spacial score (nSPS) is 10.4. The van der Waals surface area contributed by atoms with E-state index in [0.29, 0.717) is 11.4 Å². The van der Waals surface area contributed by atoms with E-state index < -0.39 is 10.9 Å². The van der Waals surface area contributed by atoms with Crippen LogP contribution in [-0.4, -0.2) is 23.0 Å². The van der Waals surface area contributed by atoms with Crippen LogP contribution in [0.1, 0.15) is 16.1 Å². The van der Waals surface area contributed by atoms with E-state index in [1.807, 2.05) is 24.3 Å². The van der Waals surface area contributed by atoms with Crippen LogP contribution >= 0.6 is 22.9 Å². The Morgan fingerprint density at radius 2 is 2.11 bits per heavy atom. The molecule has 0 spiro atoms. The monoisotopic (exact) mass is 404 g/mol. The number of carbonyl (C=O) groups excluding carboxylic acids is 1. The minimum absolute atomic E-state index is 0.108. The Kier molecular flexibility index (Phi) is 5.68. The minimum Gasteiger partial charge on any atom is -0.497 e. The molecule has 0 amide bonds. The van der Waals surface area contributed by atoms with E-state index in [-0.39, 0.29) is 22.9 Å². The third-order valence-electron chi connectivity index (χ3n) is 3.59. The molecule has 0 N–H and O–H groups in total. The summed E-state index contributed by atoms with van der Waals surface area (Å²) < 4.78 is 10.4. The van der Waals surface area contributed by atoms with E-state index in [2.05, 4.69) is 4.98 Å². The van der Waals surface area contributed by atoms with E-state index in [0.717, 1.165) is 10.6 Å². The van der Waals surface area contributed by atoms with Crippen molar-refractivity contribution in [2.45, 2.75) is 6.61 Å². The van der Waals surface area contributed by atoms with Crippen LogP contribution in [0.2, 0.25) is 5.02 Å². The van der Waals surface area contributed by atoms with Crippen molar-refractivity contribution in [3.63, 3.8) is 0 Å². The van der Waals surface area contributed by atoms with E-state index in [9.17, 15) is 14.9 Å². The standard InChI is InChI=1S/C18H13ClN2O5S/c1-25-14-4-2-3-11(7-14)17-20-13(10-27-17)9-26-18(22)15-8-12(19)5-6-16(15)21(23)24/h2-8,10H,9H2,1H3. The van der Waals surface area contributed by atoms with Crippen molar-refractivity contribution in [2.24, 2.45) is 0 Å². The lowest BCUT2D eigenvalue weighted by atomic mass is 10.2. The Morgan fingerprint density at radius 1 is 1.30 bits per heavy atom. The van der Waals surface area contributed by atoms with Gasteiger partial charge in [-0.05, 0) is 24.3 Å². The number of aromatic nitrogens is 1. The van der Waals surface area contributed by atoms with E-state index >= 15 is 0 Å². The third-order valence-corrected chi connectivity index (χ3v) is 4.77. The number of rotatable bonds is 6. The van der Waals surface area contributed by atoms with Gasteiger partial charge in [-0.3, -0.25) is 10.1 Å². The van der Waals surface area contributed by atoms with Gasteiger partial charge in [0.2, 0.25) is 0 Å². The fraction of sp³-hybridized carbons (Fsp3) is 0.111. The van der Waals surface area contributed by atoms with Gasteiger partial charge in [0, 0.05) is 22.0 Å². The molecule has 9 heteroatoms. The molecular weight excluding hydrogens is 392 g/mol. The summed E-state index contributed by atoms with van der Waals surface area (Å²) in [6.07, 6.45) is 0. The zero-order valence-corrected chi connectivity index (χ0v) is 15.6. The number of halogens is 1. The molecule has 0 atom stereocenters. The largest absolute Gasteiger partial charge is 0.497 e. The smallest absolute Gasteiger partial charge is 0.345 e. The van der Waals surface area contributed by atoms with Gasteiger partial charge in [0.15, 0.2) is 0 Å². The highest BCUT2D eigenvalue weighted by molar-refractivity contribution is 7.13. The number of nitrogens with zero attached hydrogens (tertiary/aromatic N) is 2. The molecule has 0 aliphatic heterocycles. The van der Waals surface area contributed by atoms with Crippen molar-refractivity contribution in [3.05, 3.63) is 74.2 Å². The van der Waals surface area contributed by atoms with E-state index in [4.69, 9.17) is 21.1 Å². The van der Waals surface area contributed by atoms with Crippen LogP contribution < -0.4 is 4.74 Å². The van der Waals surface area contributed by atoms with E-state index in [1.54, 1.807) is 12.5 Å². The van der Waals surface area contributed by atoms with Crippen molar-refractivity contribution in [3.8, 4) is 16.3 Å². The van der Waals surface area contributed by atoms with Gasteiger partial charge in [0.05, 0.1) is 17.7 Å². The SMILES string of the molecule is COc1cccc(-c2nc(COC(=O)c3cc(Cl)ccc3[N+](=O)[O-])cs2)c1. The molecule has 3 rings (SSSR count). The number of esters is 1. The molecule has 0 fully saturated rings. The van der Waals surface area contributed by atoms with Crippen molar-refractivity contribution in [1.82, 2.24) is 4.98 Å². The van der Waals surface area contributed by atoms with Crippen LogP contribution in [0.5, 0.6) is 5.75 Å². The summed E-state index contributed by atoms with van der Waals surface area (Å²) in [6, 6.07) is 11.2. The highest BCUT2D eigenvalue weighted by Crippen LogP contribution is 2.28. The van der Waals surface area contributed by atoms with Gasteiger partial charge in [0.25, 0.3) is 5.69 Å². The summed E-state index contributed by atoms with van der Waals surface area (Å²) in [5, 5.41) is 13.8. The van der Waals surface area contributed by atoms with Crippen LogP contribution in [0.15, 0.2) is 47.8 Å². The van der Waals surface area contributed by atoms with Crippen LogP contribution in [0, 0.1) is 10.1 Å². The Labute approximate surface area is 163 Å². The van der Waals surface area contributed by atoms with Crippen LogP contribution in [0.4, 0.5) is 5.69 Å². The molecule has 0 aliphatic carbocycles. The number of nitro groups is 1. The highest BCUT2D eigenvalue weighted by Gasteiger charge is 2.22. The number of methoxy groups -OCH3 is 1. The molecule has 3 aromatic rings. The van der Waals surface area contributed by atoms with Gasteiger partial charge < -0.3 is 9.47 Å². The highest BCUT2D eigenvalue weighted by atomic mass is 35.5. The molecule has 0 aliphatic rings. The molecule has 0 radical (unpaired) electrons. The lowest BCUT2D eigenvalue weighted by Gasteiger charge is -2.04. The van der Waals surface area contributed by atoms with Gasteiger partial charge in [-0.25, -0.2) is 9.78 Å². The van der Waals surface area contributed by atoms with Crippen LogP contribution in [0.3, 0.4) is 0 Å². The number of hydrogen-bond donors (Lipinski definition) is 0. The number of nitro benzene ring substituents is 1. The van der Waals surface area contributed by atoms with Crippen molar-refractivity contribution < 1.29 is 19.2 Å². The van der Waals surface area contributed by atoms with Gasteiger partial charge in [0.1, 0.15) is 22.9 Å². The van der Waals surface area contributed by atoms with Crippen LogP contribution in [-0.2, 0) is 11.3 Å². The molecule has 7 nitrogen and oxygen atoms in total. The maximum atomic E-state index is 12.2.